The number of hydrogen-bond donors (Lipinski definition) is 0. The summed E-state index contributed by atoms with van der Waals surface area (Å²) in [5, 5.41) is 15.6. The highest BCUT2D eigenvalue weighted by molar-refractivity contribution is 7.25. The Hall–Kier alpha value is -6.94. The monoisotopic (exact) mass is 1090 g/mol. The van der Waals surface area contributed by atoms with E-state index in [1.165, 1.54) is 105 Å². The number of unbranched alkanes of at least 4 members (excludes halogenated alkanes) is 2. The van der Waals surface area contributed by atoms with Crippen LogP contribution in [0.4, 0.5) is 0 Å². The number of thiophene rings is 4. The molecule has 2 unspecified atom stereocenters. The van der Waals surface area contributed by atoms with Crippen LogP contribution in [0.2, 0.25) is 0 Å². The Kier molecular flexibility index (Phi) is 12.9. The molecule has 0 N–H and O–H groups in total. The van der Waals surface area contributed by atoms with Gasteiger partial charge in [0.1, 0.15) is 0 Å². The maximum atomic E-state index is 15.6. The van der Waals surface area contributed by atoms with E-state index in [1.54, 1.807) is 22.7 Å². The van der Waals surface area contributed by atoms with Crippen molar-refractivity contribution in [1.29, 1.82) is 0 Å². The van der Waals surface area contributed by atoms with Gasteiger partial charge < -0.3 is 9.64 Å². The Bertz CT molecular complexity index is 4330. The van der Waals surface area contributed by atoms with Gasteiger partial charge in [-0.2, -0.15) is 0 Å². The summed E-state index contributed by atoms with van der Waals surface area (Å²) in [7, 11) is 0. The number of aliphatic imine (C=N–C) groups is 1. The molecule has 386 valence electrons. The molecule has 12 aromatic rings. The highest BCUT2D eigenvalue weighted by Gasteiger charge is 2.46. The number of nitrogens with zero attached hydrogens (tertiary/aromatic N) is 2. The number of amides is 1. The van der Waals surface area contributed by atoms with Crippen molar-refractivity contribution in [3.63, 3.8) is 0 Å². The van der Waals surface area contributed by atoms with Crippen LogP contribution in [0.3, 0.4) is 0 Å². The first-order valence-corrected chi connectivity index (χ1v) is 31.4. The maximum absolute atomic E-state index is 15.6. The molecule has 14 rings (SSSR count). The molecule has 2 aliphatic heterocycles. The van der Waals surface area contributed by atoms with Gasteiger partial charge in [0.05, 0.1) is 38.9 Å². The molecule has 8 heteroatoms. The number of hydrogen-bond acceptors (Lipinski definition) is 7. The molecular weight excluding hydrogens is 1030 g/mol. The fraction of sp³-hybridized carbons (Fsp3) is 0.229. The molecule has 8 aromatic carbocycles. The number of ether oxygens (including phenoxy) is 1. The second-order valence-corrected chi connectivity index (χ2v) is 25.9. The molecule has 78 heavy (non-hydrogen) atoms. The largest absolute Gasteiger partial charge is 0.477 e. The van der Waals surface area contributed by atoms with Crippen molar-refractivity contribution < 1.29 is 9.53 Å². The standard InChI is InChI=1S/C70H60N2O2S4/c1-5-9-13-41(7-3)39-72-68(60-38-36-58(78-60)56-34-32-54(76-56)50-28-24-48-22-20-44-16-12-18-46-26-30-52(50)64(48)62(44)46)66-65(70(72)73)67(71-69(66)74-40-42(8-4)14-10-6-2)59-37-35-57(77-59)55-33-31-53(75-55)49-27-23-47-21-19-43-15-11-17-45-25-29-51(49)63(47)61(43)45/h11-12,15-38,41-42H,5-10,13-14,39-40H2,1-4H3. The lowest BCUT2D eigenvalue weighted by Gasteiger charge is -2.26. The van der Waals surface area contributed by atoms with Crippen molar-refractivity contribution in [2.75, 3.05) is 13.2 Å². The highest BCUT2D eigenvalue weighted by Crippen LogP contribution is 2.52. The molecule has 4 nitrogen and oxygen atoms in total. The molecule has 0 spiro atoms. The van der Waals surface area contributed by atoms with Gasteiger partial charge in [-0.15, -0.1) is 45.3 Å². The molecule has 2 atom stereocenters. The number of carbonyl (C=O) groups is 1. The Morgan fingerprint density at radius 3 is 1.38 bits per heavy atom. The lowest BCUT2D eigenvalue weighted by atomic mass is 9.91. The van der Waals surface area contributed by atoms with Crippen LogP contribution < -0.4 is 0 Å². The van der Waals surface area contributed by atoms with Crippen molar-refractivity contribution in [3.05, 3.63) is 179 Å². The minimum atomic E-state index is 0.0371. The van der Waals surface area contributed by atoms with Crippen molar-refractivity contribution in [1.82, 2.24) is 4.90 Å². The normalized spacial score (nSPS) is 14.8. The van der Waals surface area contributed by atoms with Gasteiger partial charge in [-0.3, -0.25) is 4.79 Å². The van der Waals surface area contributed by atoms with Gasteiger partial charge >= 0.3 is 0 Å². The van der Waals surface area contributed by atoms with Crippen molar-refractivity contribution in [2.24, 2.45) is 16.8 Å². The van der Waals surface area contributed by atoms with Crippen molar-refractivity contribution in [3.8, 4) is 40.4 Å². The van der Waals surface area contributed by atoms with Crippen molar-refractivity contribution >= 4 is 133 Å². The summed E-state index contributed by atoms with van der Waals surface area (Å²) >= 11 is 7.19. The third kappa shape index (κ3) is 8.32. The van der Waals surface area contributed by atoms with E-state index in [0.717, 1.165) is 78.1 Å². The van der Waals surface area contributed by atoms with Crippen LogP contribution in [0.5, 0.6) is 0 Å². The van der Waals surface area contributed by atoms with Gasteiger partial charge in [0.2, 0.25) is 5.90 Å². The van der Waals surface area contributed by atoms with E-state index < -0.39 is 0 Å². The lowest BCUT2D eigenvalue weighted by Crippen LogP contribution is -2.31. The van der Waals surface area contributed by atoms with E-state index in [2.05, 4.69) is 190 Å². The zero-order chi connectivity index (χ0) is 52.6. The molecule has 0 fully saturated rings. The molecule has 0 saturated heterocycles. The summed E-state index contributed by atoms with van der Waals surface area (Å²) in [4.78, 5) is 32.5. The molecule has 2 aliphatic rings. The van der Waals surface area contributed by atoms with E-state index in [9.17, 15) is 0 Å². The molecule has 1 amide bonds. The van der Waals surface area contributed by atoms with Crippen LogP contribution in [-0.4, -0.2) is 29.9 Å². The summed E-state index contributed by atoms with van der Waals surface area (Å²) in [5.74, 6) is 1.40. The van der Waals surface area contributed by atoms with Crippen LogP contribution >= 0.6 is 45.3 Å². The topological polar surface area (TPSA) is 41.9 Å². The van der Waals surface area contributed by atoms with E-state index in [0.29, 0.717) is 36.5 Å². The van der Waals surface area contributed by atoms with Gasteiger partial charge in [0, 0.05) is 35.8 Å². The summed E-state index contributed by atoms with van der Waals surface area (Å²) in [6.07, 6.45) is 8.82. The molecule has 0 radical (unpaired) electrons. The first-order chi connectivity index (χ1) is 38.4. The second-order valence-electron chi connectivity index (χ2n) is 21.5. The summed E-state index contributed by atoms with van der Waals surface area (Å²) in [6, 6.07) is 58.6. The zero-order valence-electron chi connectivity index (χ0n) is 44.6. The summed E-state index contributed by atoms with van der Waals surface area (Å²) < 4.78 is 6.99. The number of rotatable bonds is 18. The fourth-order valence-corrected chi connectivity index (χ4v) is 16.9. The van der Waals surface area contributed by atoms with Crippen LogP contribution in [0.15, 0.2) is 174 Å². The van der Waals surface area contributed by atoms with E-state index >= 15 is 4.79 Å². The van der Waals surface area contributed by atoms with E-state index in [-0.39, 0.29) is 5.91 Å². The van der Waals surface area contributed by atoms with Crippen LogP contribution in [-0.2, 0) is 9.53 Å². The average molecular weight is 1090 g/mol. The zero-order valence-corrected chi connectivity index (χ0v) is 47.8. The van der Waals surface area contributed by atoms with Gasteiger partial charge in [0.25, 0.3) is 5.91 Å². The number of benzene rings is 8. The molecule has 0 aliphatic carbocycles. The third-order valence-electron chi connectivity index (χ3n) is 16.8. The maximum Gasteiger partial charge on any atom is 0.261 e. The minimum absolute atomic E-state index is 0.0371. The Morgan fingerprint density at radius 1 is 0.449 bits per heavy atom. The van der Waals surface area contributed by atoms with Crippen molar-refractivity contribution in [2.45, 2.75) is 79.1 Å². The quantitative estimate of drug-likeness (QED) is 0.0804. The number of carbonyl (C=O) groups excluding carboxylic acids is 1. The first-order valence-electron chi connectivity index (χ1n) is 28.2. The average Bonchev–Trinajstić information content (AvgIpc) is 4.48. The fourth-order valence-electron chi connectivity index (χ4n) is 12.5. The van der Waals surface area contributed by atoms with Crippen LogP contribution in [0, 0.1) is 11.8 Å². The predicted molar refractivity (Wildman–Crippen MR) is 339 cm³/mol. The third-order valence-corrected chi connectivity index (χ3v) is 21.6. The highest BCUT2D eigenvalue weighted by atomic mass is 32.1. The van der Waals surface area contributed by atoms with Crippen LogP contribution in [0.25, 0.3) is 116 Å². The Morgan fingerprint density at radius 2 is 0.872 bits per heavy atom. The predicted octanol–water partition coefficient (Wildman–Crippen LogP) is 21.2. The smallest absolute Gasteiger partial charge is 0.261 e. The van der Waals surface area contributed by atoms with Gasteiger partial charge in [-0.05, 0) is 149 Å². The van der Waals surface area contributed by atoms with Gasteiger partial charge in [-0.25, -0.2) is 4.99 Å². The van der Waals surface area contributed by atoms with Gasteiger partial charge in [-0.1, -0.05) is 175 Å². The van der Waals surface area contributed by atoms with Gasteiger partial charge in [0.15, 0.2) is 0 Å². The summed E-state index contributed by atoms with van der Waals surface area (Å²) in [5.41, 5.74) is 5.76. The Balaban J connectivity index is 0.851. The van der Waals surface area contributed by atoms with Crippen LogP contribution in [0.1, 0.15) is 88.8 Å². The molecule has 6 heterocycles. The summed E-state index contributed by atoms with van der Waals surface area (Å²) in [6.45, 7) is 10.3. The Labute approximate surface area is 472 Å². The minimum Gasteiger partial charge on any atom is -0.477 e. The molecule has 0 bridgehead atoms. The van der Waals surface area contributed by atoms with E-state index in [1.807, 2.05) is 22.7 Å². The lowest BCUT2D eigenvalue weighted by molar-refractivity contribution is -0.123. The molecular formula is C70H60N2O2S4. The second kappa shape index (κ2) is 20.4. The molecule has 4 aromatic heterocycles. The van der Waals surface area contributed by atoms with E-state index in [4.69, 9.17) is 9.73 Å². The first kappa shape index (κ1) is 49.4. The SMILES string of the molecule is CCCCC(CC)COC1=NC(c2ccc(-c3ccc(-c4ccc5ccc6cccc7ccc4c5c67)s3)s2)=C2C(=O)N(CC(CC)CCCC)C(c3ccc(-c4ccc(-c5ccc6ccc7cccc8ccc5c6c78)s4)s3)=C12. The molecule has 0 saturated carbocycles. The number of fused-ring (bicyclic) bond motifs is 1.